The van der Waals surface area contributed by atoms with E-state index in [9.17, 15) is 14.0 Å². The van der Waals surface area contributed by atoms with Crippen LogP contribution in [0.25, 0.3) is 0 Å². The van der Waals surface area contributed by atoms with Crippen molar-refractivity contribution in [2.45, 2.75) is 18.9 Å². The van der Waals surface area contributed by atoms with E-state index in [1.807, 2.05) is 4.90 Å². The first kappa shape index (κ1) is 15.4. The van der Waals surface area contributed by atoms with E-state index in [4.69, 9.17) is 5.73 Å². The van der Waals surface area contributed by atoms with E-state index in [0.717, 1.165) is 12.8 Å². The van der Waals surface area contributed by atoms with Gasteiger partial charge in [0.2, 0.25) is 0 Å². The maximum absolute atomic E-state index is 14.1. The largest absolute Gasteiger partial charge is 0.364 e. The highest BCUT2D eigenvalue weighted by molar-refractivity contribution is 5.90. The third-order valence-corrected chi connectivity index (χ3v) is 4.35. The van der Waals surface area contributed by atoms with Gasteiger partial charge in [0.05, 0.1) is 12.2 Å². The Morgan fingerprint density at radius 3 is 2.78 bits per heavy atom. The van der Waals surface area contributed by atoms with Crippen molar-refractivity contribution in [3.63, 3.8) is 0 Å². The number of anilines is 1. The molecule has 8 nitrogen and oxygen atoms in total. The van der Waals surface area contributed by atoms with Gasteiger partial charge in [-0.05, 0) is 12.8 Å². The molecular weight excluding hydrogens is 303 g/mol. The van der Waals surface area contributed by atoms with Gasteiger partial charge < -0.3 is 20.4 Å². The summed E-state index contributed by atoms with van der Waals surface area (Å²) < 4.78 is 14.1. The SMILES string of the molecule is CN1CCN(C2CCCN(c3ncc(C(N)=O)nc3F)C2)C1=O. The van der Waals surface area contributed by atoms with E-state index in [0.29, 0.717) is 26.2 Å². The van der Waals surface area contributed by atoms with Crippen molar-refractivity contribution in [2.75, 3.05) is 38.1 Å². The molecular formula is C14H19FN6O2. The second-order valence-corrected chi connectivity index (χ2v) is 5.87. The highest BCUT2D eigenvalue weighted by Crippen LogP contribution is 2.24. The number of likely N-dealkylation sites (N-methyl/N-ethyl adjacent to an activating group) is 1. The molecule has 2 N–H and O–H groups in total. The molecule has 0 aliphatic carbocycles. The molecule has 1 atom stereocenters. The number of amides is 3. The van der Waals surface area contributed by atoms with Crippen molar-refractivity contribution in [1.82, 2.24) is 19.8 Å². The third-order valence-electron chi connectivity index (χ3n) is 4.35. The first-order valence-electron chi connectivity index (χ1n) is 7.56. The van der Waals surface area contributed by atoms with Gasteiger partial charge in [-0.2, -0.15) is 4.39 Å². The number of hydrogen-bond acceptors (Lipinski definition) is 5. The van der Waals surface area contributed by atoms with Gasteiger partial charge in [0.15, 0.2) is 5.82 Å². The fourth-order valence-corrected chi connectivity index (χ4v) is 3.10. The first-order valence-corrected chi connectivity index (χ1v) is 7.56. The van der Waals surface area contributed by atoms with Crippen LogP contribution in [-0.2, 0) is 0 Å². The summed E-state index contributed by atoms with van der Waals surface area (Å²) in [5, 5.41) is 0. The maximum Gasteiger partial charge on any atom is 0.320 e. The fourth-order valence-electron chi connectivity index (χ4n) is 3.10. The van der Waals surface area contributed by atoms with Crippen LogP contribution in [0.2, 0.25) is 0 Å². The number of aromatic nitrogens is 2. The molecule has 1 unspecified atom stereocenters. The highest BCUT2D eigenvalue weighted by Gasteiger charge is 2.35. The molecule has 1 aromatic rings. The molecule has 0 saturated carbocycles. The number of piperidine rings is 1. The van der Waals surface area contributed by atoms with Crippen molar-refractivity contribution in [1.29, 1.82) is 0 Å². The second-order valence-electron chi connectivity index (χ2n) is 5.87. The Bertz CT molecular complexity index is 640. The minimum atomic E-state index is -0.815. The Hall–Kier alpha value is -2.45. The lowest BCUT2D eigenvalue weighted by atomic mass is 10.0. The standard InChI is InChI=1S/C14H19FN6O2/c1-19-5-6-21(14(19)23)9-3-2-4-20(8-9)13-11(15)18-10(7-17-13)12(16)22/h7,9H,2-6,8H2,1H3,(H2,16,22). The van der Waals surface area contributed by atoms with Crippen LogP contribution in [0.3, 0.4) is 0 Å². The topological polar surface area (TPSA) is 95.7 Å². The van der Waals surface area contributed by atoms with E-state index < -0.39 is 11.9 Å². The molecule has 0 spiro atoms. The van der Waals surface area contributed by atoms with Gasteiger partial charge in [0.25, 0.3) is 11.9 Å². The predicted octanol–water partition coefficient (Wildman–Crippen LogP) is 0.0508. The van der Waals surface area contributed by atoms with E-state index in [1.165, 1.54) is 6.20 Å². The zero-order valence-corrected chi connectivity index (χ0v) is 12.9. The summed E-state index contributed by atoms with van der Waals surface area (Å²) >= 11 is 0. The Kier molecular flexibility index (Phi) is 4.01. The molecule has 2 saturated heterocycles. The van der Waals surface area contributed by atoms with E-state index in [1.54, 1.807) is 16.8 Å². The van der Waals surface area contributed by atoms with Crippen LogP contribution in [0.15, 0.2) is 6.20 Å². The molecule has 0 aromatic carbocycles. The average Bonchev–Trinajstić information content (AvgIpc) is 2.87. The van der Waals surface area contributed by atoms with Gasteiger partial charge in [-0.1, -0.05) is 0 Å². The maximum atomic E-state index is 14.1. The third kappa shape index (κ3) is 2.90. The molecule has 3 heterocycles. The Morgan fingerprint density at radius 2 is 2.17 bits per heavy atom. The van der Waals surface area contributed by atoms with Crippen LogP contribution in [0, 0.1) is 5.95 Å². The lowest BCUT2D eigenvalue weighted by Crippen LogP contribution is -2.49. The predicted molar refractivity (Wildman–Crippen MR) is 80.5 cm³/mol. The van der Waals surface area contributed by atoms with Crippen molar-refractivity contribution < 1.29 is 14.0 Å². The lowest BCUT2D eigenvalue weighted by molar-refractivity contribution is 0.0994. The van der Waals surface area contributed by atoms with Crippen LogP contribution in [0.4, 0.5) is 15.0 Å². The smallest absolute Gasteiger partial charge is 0.320 e. The van der Waals surface area contributed by atoms with Crippen LogP contribution in [-0.4, -0.2) is 71.0 Å². The van der Waals surface area contributed by atoms with Crippen LogP contribution < -0.4 is 10.6 Å². The van der Waals surface area contributed by atoms with Gasteiger partial charge in [-0.3, -0.25) is 4.79 Å². The summed E-state index contributed by atoms with van der Waals surface area (Å²) in [4.78, 5) is 36.0. The number of nitrogens with zero attached hydrogens (tertiary/aromatic N) is 5. The van der Waals surface area contributed by atoms with Crippen molar-refractivity contribution in [3.8, 4) is 0 Å². The first-order chi connectivity index (χ1) is 11.0. The molecule has 1 aromatic heterocycles. The number of carbonyl (C=O) groups is 2. The molecule has 3 rings (SSSR count). The molecule has 0 radical (unpaired) electrons. The molecule has 0 bridgehead atoms. The van der Waals surface area contributed by atoms with Gasteiger partial charge in [0.1, 0.15) is 5.69 Å². The zero-order chi connectivity index (χ0) is 16.6. The molecule has 2 aliphatic heterocycles. The van der Waals surface area contributed by atoms with Gasteiger partial charge in [-0.25, -0.2) is 14.8 Å². The average molecular weight is 322 g/mol. The minimum absolute atomic E-state index is 0.00693. The van der Waals surface area contributed by atoms with Crippen molar-refractivity contribution in [3.05, 3.63) is 17.8 Å². The van der Waals surface area contributed by atoms with E-state index in [-0.39, 0.29) is 23.6 Å². The monoisotopic (exact) mass is 322 g/mol. The Labute approximate surface area is 133 Å². The second kappa shape index (κ2) is 5.98. The van der Waals surface area contributed by atoms with Crippen LogP contribution >= 0.6 is 0 Å². The van der Waals surface area contributed by atoms with E-state index >= 15 is 0 Å². The molecule has 2 fully saturated rings. The van der Waals surface area contributed by atoms with Gasteiger partial charge >= 0.3 is 6.03 Å². The number of hydrogen-bond donors (Lipinski definition) is 1. The van der Waals surface area contributed by atoms with Crippen LogP contribution in [0.1, 0.15) is 23.3 Å². The minimum Gasteiger partial charge on any atom is -0.364 e. The number of primary amides is 1. The number of halogens is 1. The summed E-state index contributed by atoms with van der Waals surface area (Å²) in [6, 6.07) is 0.0331. The molecule has 124 valence electrons. The summed E-state index contributed by atoms with van der Waals surface area (Å²) in [6.45, 7) is 2.52. The lowest BCUT2D eigenvalue weighted by Gasteiger charge is -2.37. The Morgan fingerprint density at radius 1 is 1.39 bits per heavy atom. The highest BCUT2D eigenvalue weighted by atomic mass is 19.1. The summed E-state index contributed by atoms with van der Waals surface area (Å²) in [6.07, 6.45) is 2.89. The van der Waals surface area contributed by atoms with Crippen molar-refractivity contribution >= 4 is 17.8 Å². The molecule has 9 heteroatoms. The number of nitrogens with two attached hydrogens (primary N) is 1. The normalized spacial score (nSPS) is 21.9. The zero-order valence-electron chi connectivity index (χ0n) is 12.9. The molecule has 2 aliphatic rings. The summed E-state index contributed by atoms with van der Waals surface area (Å²) in [7, 11) is 1.77. The van der Waals surface area contributed by atoms with Gasteiger partial charge in [-0.15, -0.1) is 0 Å². The number of rotatable bonds is 3. The molecule has 23 heavy (non-hydrogen) atoms. The van der Waals surface area contributed by atoms with Gasteiger partial charge in [0, 0.05) is 33.2 Å². The molecule has 3 amide bonds. The van der Waals surface area contributed by atoms with Crippen LogP contribution in [0.5, 0.6) is 0 Å². The summed E-state index contributed by atoms with van der Waals surface area (Å²) in [5.41, 5.74) is 4.88. The summed E-state index contributed by atoms with van der Waals surface area (Å²) in [5.74, 6) is -1.53. The number of carbonyl (C=O) groups excluding carboxylic acids is 2. The Balaban J connectivity index is 1.76. The van der Waals surface area contributed by atoms with Crippen molar-refractivity contribution in [2.24, 2.45) is 5.73 Å². The number of urea groups is 1. The van der Waals surface area contributed by atoms with E-state index in [2.05, 4.69) is 9.97 Å². The fraction of sp³-hybridized carbons (Fsp3) is 0.571. The quantitative estimate of drug-likeness (QED) is 0.848.